The Hall–Kier alpha value is -1.90. The lowest BCUT2D eigenvalue weighted by molar-refractivity contribution is -0.129. The molecule has 0 atom stereocenters. The van der Waals surface area contributed by atoms with Crippen LogP contribution in [0.2, 0.25) is 0 Å². The van der Waals surface area contributed by atoms with E-state index in [1.165, 1.54) is 18.3 Å². The Morgan fingerprint density at radius 3 is 2.58 bits per heavy atom. The second-order valence-electron chi connectivity index (χ2n) is 5.72. The molecule has 2 aromatic rings. The van der Waals surface area contributed by atoms with Crippen molar-refractivity contribution in [2.75, 3.05) is 20.2 Å². The lowest BCUT2D eigenvalue weighted by Gasteiger charge is -2.22. The number of carbonyl (C=O) groups excluding carboxylic acids is 1. The summed E-state index contributed by atoms with van der Waals surface area (Å²) < 4.78 is 32.9. The molecule has 6 nitrogen and oxygen atoms in total. The molecule has 1 aromatic carbocycles. The molecule has 0 unspecified atom stereocenters. The first-order valence-corrected chi connectivity index (χ1v) is 10.6. The zero-order valence-electron chi connectivity index (χ0n) is 15.2. The lowest BCUT2D eigenvalue weighted by Crippen LogP contribution is -2.37. The van der Waals surface area contributed by atoms with Gasteiger partial charge in [0, 0.05) is 37.0 Å². The van der Waals surface area contributed by atoms with Crippen molar-refractivity contribution in [2.24, 2.45) is 0 Å². The Bertz CT molecular complexity index is 846. The minimum atomic E-state index is -3.55. The van der Waals surface area contributed by atoms with Gasteiger partial charge in [-0.15, -0.1) is 11.3 Å². The van der Waals surface area contributed by atoms with Crippen LogP contribution in [0, 0.1) is 0 Å². The molecule has 1 heterocycles. The summed E-state index contributed by atoms with van der Waals surface area (Å²) in [6.07, 6.45) is 0.803. The fourth-order valence-corrected chi connectivity index (χ4v) is 4.83. The van der Waals surface area contributed by atoms with Gasteiger partial charge < -0.3 is 9.64 Å². The van der Waals surface area contributed by atoms with Crippen LogP contribution in [0.5, 0.6) is 5.75 Å². The highest BCUT2D eigenvalue weighted by atomic mass is 32.2. The van der Waals surface area contributed by atoms with Crippen LogP contribution >= 0.6 is 11.3 Å². The van der Waals surface area contributed by atoms with Crippen LogP contribution in [0.4, 0.5) is 0 Å². The monoisotopic (exact) mass is 396 g/mol. The van der Waals surface area contributed by atoms with Crippen LogP contribution in [-0.4, -0.2) is 39.4 Å². The number of nitrogens with zero attached hydrogens (tertiary/aromatic N) is 1. The second-order valence-corrected chi connectivity index (χ2v) is 8.89. The van der Waals surface area contributed by atoms with Gasteiger partial charge in [-0.25, -0.2) is 13.1 Å². The molecule has 26 heavy (non-hydrogen) atoms. The maximum atomic E-state index is 12.3. The molecule has 1 amide bonds. The van der Waals surface area contributed by atoms with E-state index in [1.807, 2.05) is 37.3 Å². The van der Waals surface area contributed by atoms with Crippen molar-refractivity contribution in [3.05, 3.63) is 46.8 Å². The van der Waals surface area contributed by atoms with Gasteiger partial charge in [0.1, 0.15) is 9.96 Å². The predicted molar refractivity (Wildman–Crippen MR) is 103 cm³/mol. The fourth-order valence-electron chi connectivity index (χ4n) is 2.47. The molecule has 1 aromatic heterocycles. The standard InChI is InChI=1S/C18H24N2O4S2/c1-4-16-9-10-18(25-16)26(22,23)19-11-12-20(14(2)21)13-15-7-5-6-8-17(15)24-3/h5-10,19H,4,11-13H2,1-3H3. The third kappa shape index (κ3) is 5.30. The Kier molecular flexibility index (Phi) is 7.19. The number of hydrogen-bond donors (Lipinski definition) is 1. The topological polar surface area (TPSA) is 75.7 Å². The lowest BCUT2D eigenvalue weighted by atomic mass is 10.2. The molecule has 2 rings (SSSR count). The van der Waals surface area contributed by atoms with Crippen molar-refractivity contribution in [2.45, 2.75) is 31.0 Å². The van der Waals surface area contributed by atoms with Crippen LogP contribution in [0.25, 0.3) is 0 Å². The van der Waals surface area contributed by atoms with Crippen LogP contribution in [0.3, 0.4) is 0 Å². The number of benzene rings is 1. The largest absolute Gasteiger partial charge is 0.496 e. The average molecular weight is 397 g/mol. The molecule has 0 aliphatic rings. The number of amides is 1. The molecule has 0 bridgehead atoms. The highest BCUT2D eigenvalue weighted by Gasteiger charge is 2.18. The van der Waals surface area contributed by atoms with E-state index in [4.69, 9.17) is 4.74 Å². The van der Waals surface area contributed by atoms with Gasteiger partial charge >= 0.3 is 0 Å². The van der Waals surface area contributed by atoms with Crippen molar-refractivity contribution >= 4 is 27.3 Å². The SMILES string of the molecule is CCc1ccc(S(=O)(=O)NCCN(Cc2ccccc2OC)C(C)=O)s1. The average Bonchev–Trinajstić information content (AvgIpc) is 3.11. The first-order valence-electron chi connectivity index (χ1n) is 8.33. The molecular weight excluding hydrogens is 372 g/mol. The molecule has 142 valence electrons. The van der Waals surface area contributed by atoms with Gasteiger partial charge in [0.2, 0.25) is 15.9 Å². The van der Waals surface area contributed by atoms with Crippen molar-refractivity contribution in [3.8, 4) is 5.75 Å². The summed E-state index contributed by atoms with van der Waals surface area (Å²) >= 11 is 1.26. The van der Waals surface area contributed by atoms with E-state index >= 15 is 0 Å². The number of sulfonamides is 1. The highest BCUT2D eigenvalue weighted by molar-refractivity contribution is 7.91. The zero-order chi connectivity index (χ0) is 19.2. The molecule has 0 aliphatic heterocycles. The number of hydrogen-bond acceptors (Lipinski definition) is 5. The summed E-state index contributed by atoms with van der Waals surface area (Å²) in [6, 6.07) is 10.9. The number of thiophene rings is 1. The van der Waals surface area contributed by atoms with E-state index in [-0.39, 0.29) is 19.0 Å². The van der Waals surface area contributed by atoms with Crippen molar-refractivity contribution in [1.82, 2.24) is 9.62 Å². The second kappa shape index (κ2) is 9.16. The third-order valence-corrected chi connectivity index (χ3v) is 7.11. The van der Waals surface area contributed by atoms with Gasteiger partial charge in [-0.1, -0.05) is 25.1 Å². The van der Waals surface area contributed by atoms with E-state index in [0.717, 1.165) is 16.9 Å². The first-order chi connectivity index (χ1) is 12.4. The van der Waals surface area contributed by atoms with Gasteiger partial charge in [0.15, 0.2) is 0 Å². The van der Waals surface area contributed by atoms with Crippen LogP contribution in [-0.2, 0) is 27.8 Å². The molecular formula is C18H24N2O4S2. The summed E-state index contributed by atoms with van der Waals surface area (Å²) in [7, 11) is -1.97. The van der Waals surface area contributed by atoms with Crippen molar-refractivity contribution in [1.29, 1.82) is 0 Å². The minimum absolute atomic E-state index is 0.125. The number of carbonyl (C=O) groups is 1. The van der Waals surface area contributed by atoms with Crippen LogP contribution in [0.1, 0.15) is 24.3 Å². The Labute approximate surface area is 158 Å². The maximum absolute atomic E-state index is 12.3. The van der Waals surface area contributed by atoms with E-state index < -0.39 is 10.0 Å². The van der Waals surface area contributed by atoms with Crippen molar-refractivity contribution < 1.29 is 17.9 Å². The van der Waals surface area contributed by atoms with E-state index in [9.17, 15) is 13.2 Å². The normalized spacial score (nSPS) is 11.3. The Morgan fingerprint density at radius 2 is 1.96 bits per heavy atom. The molecule has 0 fully saturated rings. The summed E-state index contributed by atoms with van der Waals surface area (Å²) in [5.74, 6) is 0.574. The Balaban J connectivity index is 1.99. The maximum Gasteiger partial charge on any atom is 0.250 e. The van der Waals surface area contributed by atoms with Crippen LogP contribution < -0.4 is 9.46 Å². The van der Waals surface area contributed by atoms with E-state index in [1.54, 1.807) is 18.1 Å². The number of nitrogens with one attached hydrogen (secondary N) is 1. The Morgan fingerprint density at radius 1 is 1.23 bits per heavy atom. The molecule has 0 aliphatic carbocycles. The van der Waals surface area contributed by atoms with Gasteiger partial charge in [-0.3, -0.25) is 4.79 Å². The summed E-state index contributed by atoms with van der Waals surface area (Å²) in [5.41, 5.74) is 0.874. The third-order valence-electron chi connectivity index (χ3n) is 3.92. The van der Waals surface area contributed by atoms with E-state index in [2.05, 4.69) is 4.72 Å². The summed E-state index contributed by atoms with van der Waals surface area (Å²) in [4.78, 5) is 14.5. The molecule has 0 saturated heterocycles. The van der Waals surface area contributed by atoms with Gasteiger partial charge in [0.05, 0.1) is 7.11 Å². The number of rotatable bonds is 9. The number of ether oxygens (including phenoxy) is 1. The molecule has 0 radical (unpaired) electrons. The fraction of sp³-hybridized carbons (Fsp3) is 0.389. The van der Waals surface area contributed by atoms with E-state index in [0.29, 0.717) is 16.5 Å². The zero-order valence-corrected chi connectivity index (χ0v) is 16.8. The number of para-hydroxylation sites is 1. The molecule has 1 N–H and O–H groups in total. The predicted octanol–water partition coefficient (Wildman–Crippen LogP) is 2.65. The molecule has 0 spiro atoms. The van der Waals surface area contributed by atoms with Gasteiger partial charge in [-0.2, -0.15) is 0 Å². The quantitative estimate of drug-likeness (QED) is 0.707. The van der Waals surface area contributed by atoms with Gasteiger partial charge in [0.25, 0.3) is 0 Å². The smallest absolute Gasteiger partial charge is 0.250 e. The molecule has 8 heteroatoms. The molecule has 0 saturated carbocycles. The minimum Gasteiger partial charge on any atom is -0.496 e. The summed E-state index contributed by atoms with van der Waals surface area (Å²) in [6.45, 7) is 4.24. The summed E-state index contributed by atoms with van der Waals surface area (Å²) in [5, 5.41) is 0. The van der Waals surface area contributed by atoms with Gasteiger partial charge in [-0.05, 0) is 24.6 Å². The van der Waals surface area contributed by atoms with Crippen molar-refractivity contribution in [3.63, 3.8) is 0 Å². The number of methoxy groups -OCH3 is 1. The van der Waals surface area contributed by atoms with Crippen LogP contribution in [0.15, 0.2) is 40.6 Å². The highest BCUT2D eigenvalue weighted by Crippen LogP contribution is 2.22. The first kappa shape index (κ1) is 20.4. The number of aryl methyl sites for hydroxylation is 1.